The summed E-state index contributed by atoms with van der Waals surface area (Å²) in [6.07, 6.45) is 5.07. The third-order valence-electron chi connectivity index (χ3n) is 4.79. The molecule has 7 nitrogen and oxygen atoms in total. The molecule has 0 aliphatic carbocycles. The van der Waals surface area contributed by atoms with E-state index in [1.165, 1.54) is 11.1 Å². The van der Waals surface area contributed by atoms with Gasteiger partial charge in [-0.1, -0.05) is 12.1 Å². The Kier molecular flexibility index (Phi) is 6.11. The lowest BCUT2D eigenvalue weighted by Crippen LogP contribution is -2.37. The van der Waals surface area contributed by atoms with E-state index in [0.29, 0.717) is 17.9 Å². The average Bonchev–Trinajstić information content (AvgIpc) is 2.69. The molecule has 0 atom stereocenters. The van der Waals surface area contributed by atoms with E-state index < -0.39 is 0 Å². The van der Waals surface area contributed by atoms with Crippen LogP contribution < -0.4 is 20.5 Å². The summed E-state index contributed by atoms with van der Waals surface area (Å²) in [6.45, 7) is 4.03. The van der Waals surface area contributed by atoms with Crippen LogP contribution in [-0.2, 0) is 17.8 Å². The Balaban J connectivity index is 1.81. The zero-order valence-corrected chi connectivity index (χ0v) is 15.9. The highest BCUT2D eigenvalue weighted by Crippen LogP contribution is 2.24. The van der Waals surface area contributed by atoms with Gasteiger partial charge in [-0.25, -0.2) is 4.68 Å². The Bertz CT molecular complexity index is 839. The molecule has 2 heterocycles. The van der Waals surface area contributed by atoms with Gasteiger partial charge in [0.05, 0.1) is 25.4 Å². The van der Waals surface area contributed by atoms with Crippen molar-refractivity contribution < 1.29 is 9.53 Å². The molecule has 2 aromatic rings. The second kappa shape index (κ2) is 8.70. The largest absolute Gasteiger partial charge is 0.497 e. The van der Waals surface area contributed by atoms with Crippen LogP contribution in [0.3, 0.4) is 0 Å². The minimum absolute atomic E-state index is 0.151. The predicted octanol–water partition coefficient (Wildman–Crippen LogP) is 2.44. The second-order valence-electron chi connectivity index (χ2n) is 6.65. The van der Waals surface area contributed by atoms with Gasteiger partial charge in [0.15, 0.2) is 0 Å². The number of carbonyl (C=O) groups excluding carboxylic acids is 1. The number of aryl methyl sites for hydroxylation is 1. The number of anilines is 2. The molecule has 0 saturated carbocycles. The molecule has 1 aliphatic rings. The quantitative estimate of drug-likeness (QED) is 0.845. The lowest BCUT2D eigenvalue weighted by Gasteiger charge is -2.29. The normalized spacial score (nSPS) is 14.1. The van der Waals surface area contributed by atoms with E-state index in [2.05, 4.69) is 15.3 Å². The van der Waals surface area contributed by atoms with Gasteiger partial charge < -0.3 is 15.0 Å². The molecule has 1 saturated heterocycles. The molecule has 1 N–H and O–H groups in total. The van der Waals surface area contributed by atoms with E-state index in [1.807, 2.05) is 31.2 Å². The molecule has 144 valence electrons. The molecule has 1 aromatic carbocycles. The van der Waals surface area contributed by atoms with Crippen molar-refractivity contribution in [1.29, 1.82) is 0 Å². The Morgan fingerprint density at radius 2 is 1.89 bits per heavy atom. The van der Waals surface area contributed by atoms with Crippen molar-refractivity contribution in [3.63, 3.8) is 0 Å². The van der Waals surface area contributed by atoms with Crippen LogP contribution in [0.4, 0.5) is 11.4 Å². The Labute approximate surface area is 158 Å². The number of hydrogen-bond donors (Lipinski definition) is 1. The molecule has 1 fully saturated rings. The Morgan fingerprint density at radius 3 is 2.52 bits per heavy atom. The lowest BCUT2D eigenvalue weighted by molar-refractivity contribution is -0.115. The van der Waals surface area contributed by atoms with Gasteiger partial charge in [-0.2, -0.15) is 5.10 Å². The smallest absolute Gasteiger partial charge is 0.292 e. The molecular formula is C20H26N4O3. The predicted molar refractivity (Wildman–Crippen MR) is 106 cm³/mol. The van der Waals surface area contributed by atoms with Crippen molar-refractivity contribution >= 4 is 17.3 Å². The number of piperidine rings is 1. The molecule has 27 heavy (non-hydrogen) atoms. The summed E-state index contributed by atoms with van der Waals surface area (Å²) in [4.78, 5) is 27.4. The summed E-state index contributed by atoms with van der Waals surface area (Å²) in [6, 6.07) is 7.37. The maximum Gasteiger partial charge on any atom is 0.292 e. The molecular weight excluding hydrogens is 344 g/mol. The van der Waals surface area contributed by atoms with Gasteiger partial charge >= 0.3 is 0 Å². The van der Waals surface area contributed by atoms with Gasteiger partial charge in [-0.3, -0.25) is 9.59 Å². The number of ether oxygens (including phenoxy) is 1. The number of hydrogen-bond acceptors (Lipinski definition) is 5. The third kappa shape index (κ3) is 4.48. The fraction of sp³-hybridized carbons (Fsp3) is 0.450. The van der Waals surface area contributed by atoms with Crippen LogP contribution in [-0.4, -0.2) is 35.9 Å². The highest BCUT2D eigenvalue weighted by atomic mass is 16.5. The molecule has 1 aliphatic heterocycles. The van der Waals surface area contributed by atoms with Crippen LogP contribution in [0.2, 0.25) is 0 Å². The number of methoxy groups -OCH3 is 1. The molecule has 1 amide bonds. The van der Waals surface area contributed by atoms with Crippen LogP contribution in [0, 0.1) is 0 Å². The van der Waals surface area contributed by atoms with E-state index >= 15 is 0 Å². The third-order valence-corrected chi connectivity index (χ3v) is 4.79. The van der Waals surface area contributed by atoms with Gasteiger partial charge in [0.25, 0.3) is 5.56 Å². The first-order chi connectivity index (χ1) is 13.1. The first-order valence-corrected chi connectivity index (χ1v) is 9.40. The minimum atomic E-state index is -0.172. The maximum absolute atomic E-state index is 12.8. The van der Waals surface area contributed by atoms with E-state index in [0.717, 1.165) is 37.2 Å². The van der Waals surface area contributed by atoms with Gasteiger partial charge in [0, 0.05) is 19.6 Å². The topological polar surface area (TPSA) is 76.5 Å². The van der Waals surface area contributed by atoms with E-state index in [4.69, 9.17) is 4.74 Å². The van der Waals surface area contributed by atoms with Crippen molar-refractivity contribution in [1.82, 2.24) is 9.78 Å². The van der Waals surface area contributed by atoms with Gasteiger partial charge in [-0.15, -0.1) is 0 Å². The number of carbonyl (C=O) groups is 1. The maximum atomic E-state index is 12.8. The first kappa shape index (κ1) is 18.9. The highest BCUT2D eigenvalue weighted by Gasteiger charge is 2.21. The summed E-state index contributed by atoms with van der Waals surface area (Å²) >= 11 is 0. The minimum Gasteiger partial charge on any atom is -0.497 e. The van der Waals surface area contributed by atoms with Gasteiger partial charge in [0.1, 0.15) is 11.4 Å². The number of aromatic nitrogens is 2. The molecule has 1 aromatic heterocycles. The molecule has 0 unspecified atom stereocenters. The zero-order chi connectivity index (χ0) is 19.2. The summed E-state index contributed by atoms with van der Waals surface area (Å²) in [7, 11) is 1.61. The standard InChI is InChI=1S/C20H26N4O3/c1-3-24-20(26)19(23-11-5-4-6-12-23)17(14-21-24)22-18(25)13-15-7-9-16(27-2)10-8-15/h7-10,14H,3-6,11-13H2,1-2H3,(H,22,25). The van der Waals surface area contributed by atoms with E-state index in [1.54, 1.807) is 13.3 Å². The van der Waals surface area contributed by atoms with Crippen molar-refractivity contribution in [2.24, 2.45) is 0 Å². The van der Waals surface area contributed by atoms with Gasteiger partial charge in [0.2, 0.25) is 5.91 Å². The van der Waals surface area contributed by atoms with Crippen LogP contribution >= 0.6 is 0 Å². The SMILES string of the molecule is CCn1ncc(NC(=O)Cc2ccc(OC)cc2)c(N2CCCCC2)c1=O. The Morgan fingerprint density at radius 1 is 1.19 bits per heavy atom. The number of nitrogens with zero attached hydrogens (tertiary/aromatic N) is 3. The van der Waals surface area contributed by atoms with E-state index in [9.17, 15) is 9.59 Å². The van der Waals surface area contributed by atoms with Crippen LogP contribution in [0.15, 0.2) is 35.3 Å². The summed E-state index contributed by atoms with van der Waals surface area (Å²) < 4.78 is 6.57. The average molecular weight is 370 g/mol. The van der Waals surface area contributed by atoms with Crippen LogP contribution in [0.25, 0.3) is 0 Å². The molecule has 3 rings (SSSR count). The summed E-state index contributed by atoms with van der Waals surface area (Å²) in [5.74, 6) is 0.577. The van der Waals surface area contributed by atoms with Crippen molar-refractivity contribution in [3.05, 3.63) is 46.4 Å². The highest BCUT2D eigenvalue weighted by molar-refractivity contribution is 5.95. The summed E-state index contributed by atoms with van der Waals surface area (Å²) in [5.41, 5.74) is 1.77. The fourth-order valence-corrected chi connectivity index (χ4v) is 3.34. The monoisotopic (exact) mass is 370 g/mol. The van der Waals surface area contributed by atoms with Crippen molar-refractivity contribution in [2.75, 3.05) is 30.4 Å². The number of rotatable bonds is 6. The second-order valence-corrected chi connectivity index (χ2v) is 6.65. The first-order valence-electron chi connectivity index (χ1n) is 9.40. The van der Waals surface area contributed by atoms with E-state index in [-0.39, 0.29) is 17.9 Å². The number of benzene rings is 1. The molecule has 0 spiro atoms. The van der Waals surface area contributed by atoms with Crippen molar-refractivity contribution in [3.8, 4) is 5.75 Å². The molecule has 0 bridgehead atoms. The van der Waals surface area contributed by atoms with Crippen molar-refractivity contribution in [2.45, 2.75) is 39.2 Å². The lowest BCUT2D eigenvalue weighted by atomic mass is 10.1. The Hall–Kier alpha value is -2.83. The molecule has 7 heteroatoms. The van der Waals surface area contributed by atoms with Crippen LogP contribution in [0.1, 0.15) is 31.7 Å². The van der Waals surface area contributed by atoms with Gasteiger partial charge in [-0.05, 0) is 43.9 Å². The van der Waals surface area contributed by atoms with Crippen LogP contribution in [0.5, 0.6) is 5.75 Å². The number of amides is 1. The molecule has 0 radical (unpaired) electrons. The number of nitrogens with one attached hydrogen (secondary N) is 1. The fourth-order valence-electron chi connectivity index (χ4n) is 3.34. The zero-order valence-electron chi connectivity index (χ0n) is 15.9. The summed E-state index contributed by atoms with van der Waals surface area (Å²) in [5, 5.41) is 7.07.